The van der Waals surface area contributed by atoms with E-state index in [0.29, 0.717) is 37.2 Å². The molecule has 1 spiro atoms. The normalized spacial score (nSPS) is 25.4. The van der Waals surface area contributed by atoms with Crippen molar-refractivity contribution < 1.29 is 14.0 Å². The predicted molar refractivity (Wildman–Crippen MR) is 93.9 cm³/mol. The Bertz CT molecular complexity index is 693. The zero-order valence-corrected chi connectivity index (χ0v) is 15.2. The topological polar surface area (TPSA) is 43.9 Å². The summed E-state index contributed by atoms with van der Waals surface area (Å²) in [5.41, 5.74) is 1.05. The molecule has 2 amide bonds. The summed E-state index contributed by atoms with van der Waals surface area (Å²) >= 11 is 0. The summed E-state index contributed by atoms with van der Waals surface area (Å²) in [7, 11) is 3.93. The van der Waals surface area contributed by atoms with Crippen LogP contribution in [0.1, 0.15) is 35.2 Å². The Hall–Kier alpha value is -1.95. The van der Waals surface area contributed by atoms with Gasteiger partial charge < -0.3 is 9.80 Å². The summed E-state index contributed by atoms with van der Waals surface area (Å²) in [5.74, 6) is -0.203. The third-order valence-corrected chi connectivity index (χ3v) is 5.85. The van der Waals surface area contributed by atoms with Gasteiger partial charge in [-0.3, -0.25) is 14.5 Å². The van der Waals surface area contributed by atoms with E-state index >= 15 is 0 Å². The molecule has 6 heteroatoms. The number of carbonyl (C=O) groups is 2. The first-order valence-electron chi connectivity index (χ1n) is 8.83. The van der Waals surface area contributed by atoms with Crippen molar-refractivity contribution in [1.82, 2.24) is 14.7 Å². The van der Waals surface area contributed by atoms with E-state index < -0.39 is 0 Å². The first-order valence-corrected chi connectivity index (χ1v) is 8.83. The van der Waals surface area contributed by atoms with Crippen LogP contribution in [-0.4, -0.2) is 72.3 Å². The minimum atomic E-state index is -0.325. The van der Waals surface area contributed by atoms with Crippen LogP contribution in [0.2, 0.25) is 0 Å². The summed E-state index contributed by atoms with van der Waals surface area (Å²) in [4.78, 5) is 31.0. The Kier molecular flexibility index (Phi) is 4.82. The van der Waals surface area contributed by atoms with Gasteiger partial charge >= 0.3 is 0 Å². The molecule has 136 valence electrons. The molecule has 5 nitrogen and oxygen atoms in total. The molecule has 0 radical (unpaired) electrons. The van der Waals surface area contributed by atoms with Crippen molar-refractivity contribution in [3.8, 4) is 0 Å². The summed E-state index contributed by atoms with van der Waals surface area (Å²) < 4.78 is 13.3. The van der Waals surface area contributed by atoms with E-state index in [9.17, 15) is 14.0 Å². The van der Waals surface area contributed by atoms with E-state index in [2.05, 4.69) is 11.9 Å². The van der Waals surface area contributed by atoms with Gasteiger partial charge in [-0.1, -0.05) is 0 Å². The molecule has 2 aliphatic rings. The number of amides is 2. The first-order chi connectivity index (χ1) is 11.8. The van der Waals surface area contributed by atoms with Crippen LogP contribution in [0.4, 0.5) is 4.39 Å². The van der Waals surface area contributed by atoms with Crippen LogP contribution in [0.3, 0.4) is 0 Å². The average molecular weight is 347 g/mol. The van der Waals surface area contributed by atoms with Crippen LogP contribution in [-0.2, 0) is 4.79 Å². The number of benzene rings is 1. The molecule has 1 aromatic carbocycles. The lowest BCUT2D eigenvalue weighted by molar-refractivity contribution is -0.129. The summed E-state index contributed by atoms with van der Waals surface area (Å²) in [6.07, 6.45) is 2.13. The van der Waals surface area contributed by atoms with Crippen LogP contribution in [0.15, 0.2) is 18.2 Å². The summed E-state index contributed by atoms with van der Waals surface area (Å²) in [5, 5.41) is 0. The second-order valence-corrected chi connectivity index (χ2v) is 7.40. The van der Waals surface area contributed by atoms with Crippen molar-refractivity contribution in [2.75, 3.05) is 40.3 Å². The third-order valence-electron chi connectivity index (χ3n) is 5.85. The standard InChI is InChI=1S/C19H26FN3O2/c1-14-12-15(20)4-5-16(14)18(25)23-11-10-22(3)19(13-23)7-6-17(24)21(2)9-8-19/h4-5,12H,6-11,13H2,1-3H3/t19-/m0/s1. The van der Waals surface area contributed by atoms with Gasteiger partial charge in [0.15, 0.2) is 0 Å². The molecule has 1 aromatic rings. The van der Waals surface area contributed by atoms with Crippen molar-refractivity contribution in [3.05, 3.63) is 35.1 Å². The van der Waals surface area contributed by atoms with Crippen molar-refractivity contribution in [1.29, 1.82) is 0 Å². The van der Waals surface area contributed by atoms with Crippen LogP contribution >= 0.6 is 0 Å². The quantitative estimate of drug-likeness (QED) is 0.779. The van der Waals surface area contributed by atoms with E-state index in [4.69, 9.17) is 0 Å². The Balaban J connectivity index is 1.82. The van der Waals surface area contributed by atoms with Crippen LogP contribution in [0, 0.1) is 12.7 Å². The largest absolute Gasteiger partial charge is 0.346 e. The van der Waals surface area contributed by atoms with Gasteiger partial charge in [-0.15, -0.1) is 0 Å². The summed E-state index contributed by atoms with van der Waals surface area (Å²) in [6.45, 7) is 4.52. The monoisotopic (exact) mass is 347 g/mol. The number of carbonyl (C=O) groups excluding carboxylic acids is 2. The van der Waals surface area contributed by atoms with Gasteiger partial charge in [0.1, 0.15) is 5.82 Å². The maximum absolute atomic E-state index is 13.3. The number of likely N-dealkylation sites (tertiary alicyclic amines) is 1. The zero-order chi connectivity index (χ0) is 18.2. The van der Waals surface area contributed by atoms with E-state index in [1.807, 2.05) is 11.9 Å². The maximum Gasteiger partial charge on any atom is 0.254 e. The fraction of sp³-hybridized carbons (Fsp3) is 0.579. The molecule has 2 saturated heterocycles. The number of nitrogens with zero attached hydrogens (tertiary/aromatic N) is 3. The van der Waals surface area contributed by atoms with Crippen molar-refractivity contribution >= 4 is 11.8 Å². The molecule has 2 heterocycles. The van der Waals surface area contributed by atoms with E-state index in [1.165, 1.54) is 12.1 Å². The van der Waals surface area contributed by atoms with Gasteiger partial charge in [0.25, 0.3) is 5.91 Å². The lowest BCUT2D eigenvalue weighted by Gasteiger charge is -2.49. The fourth-order valence-corrected chi connectivity index (χ4v) is 3.97. The highest BCUT2D eigenvalue weighted by Crippen LogP contribution is 2.32. The number of halogens is 1. The first kappa shape index (κ1) is 17.9. The molecule has 0 saturated carbocycles. The minimum absolute atomic E-state index is 0.0473. The third kappa shape index (κ3) is 3.40. The lowest BCUT2D eigenvalue weighted by Crippen LogP contribution is -2.62. The van der Waals surface area contributed by atoms with Gasteiger partial charge in [-0.05, 0) is 50.6 Å². The van der Waals surface area contributed by atoms with Gasteiger partial charge in [0, 0.05) is 50.7 Å². The molecular weight excluding hydrogens is 321 g/mol. The zero-order valence-electron chi connectivity index (χ0n) is 15.2. The molecule has 0 bridgehead atoms. The smallest absolute Gasteiger partial charge is 0.254 e. The Morgan fingerprint density at radius 1 is 1.16 bits per heavy atom. The molecular formula is C19H26FN3O2. The highest BCUT2D eigenvalue weighted by atomic mass is 19.1. The van der Waals surface area contributed by atoms with Gasteiger partial charge in [-0.25, -0.2) is 4.39 Å². The van der Waals surface area contributed by atoms with Crippen molar-refractivity contribution in [3.63, 3.8) is 0 Å². The number of hydrogen-bond donors (Lipinski definition) is 0. The van der Waals surface area contributed by atoms with E-state index in [0.717, 1.165) is 19.4 Å². The molecule has 3 rings (SSSR count). The van der Waals surface area contributed by atoms with E-state index in [-0.39, 0.29) is 23.2 Å². The predicted octanol–water partition coefficient (Wildman–Crippen LogP) is 1.90. The second-order valence-electron chi connectivity index (χ2n) is 7.40. The molecule has 0 aromatic heterocycles. The van der Waals surface area contributed by atoms with Gasteiger partial charge in [0.05, 0.1) is 0 Å². The SMILES string of the molecule is Cc1cc(F)ccc1C(=O)N1CCN(C)[C@]2(CCC(=O)N(C)CC2)C1. The molecule has 25 heavy (non-hydrogen) atoms. The maximum atomic E-state index is 13.3. The van der Waals surface area contributed by atoms with E-state index in [1.54, 1.807) is 17.9 Å². The van der Waals surface area contributed by atoms with Crippen molar-refractivity contribution in [2.24, 2.45) is 0 Å². The highest BCUT2D eigenvalue weighted by molar-refractivity contribution is 5.95. The molecule has 2 fully saturated rings. The molecule has 2 aliphatic heterocycles. The molecule has 0 aliphatic carbocycles. The Labute approximate surface area is 148 Å². The Morgan fingerprint density at radius 3 is 2.64 bits per heavy atom. The minimum Gasteiger partial charge on any atom is -0.346 e. The van der Waals surface area contributed by atoms with Crippen LogP contribution in [0.5, 0.6) is 0 Å². The van der Waals surface area contributed by atoms with Crippen LogP contribution in [0.25, 0.3) is 0 Å². The molecule has 1 atom stereocenters. The number of aryl methyl sites for hydroxylation is 1. The number of piperazine rings is 1. The summed E-state index contributed by atoms with van der Waals surface area (Å²) in [6, 6.07) is 4.31. The lowest BCUT2D eigenvalue weighted by atomic mass is 9.86. The second kappa shape index (κ2) is 6.75. The van der Waals surface area contributed by atoms with Crippen LogP contribution < -0.4 is 0 Å². The number of rotatable bonds is 1. The fourth-order valence-electron chi connectivity index (χ4n) is 3.97. The van der Waals surface area contributed by atoms with Gasteiger partial charge in [0.2, 0.25) is 5.91 Å². The average Bonchev–Trinajstić information content (AvgIpc) is 2.71. The van der Waals surface area contributed by atoms with Gasteiger partial charge in [-0.2, -0.15) is 0 Å². The Morgan fingerprint density at radius 2 is 1.92 bits per heavy atom. The highest BCUT2D eigenvalue weighted by Gasteiger charge is 2.43. The molecule has 0 N–H and O–H groups in total. The number of likely N-dealkylation sites (N-methyl/N-ethyl adjacent to an activating group) is 1. The van der Waals surface area contributed by atoms with Crippen molar-refractivity contribution in [2.45, 2.75) is 31.7 Å². The molecule has 0 unspecified atom stereocenters. The number of hydrogen-bond acceptors (Lipinski definition) is 3.